The van der Waals surface area contributed by atoms with E-state index >= 15 is 0 Å². The Balaban J connectivity index is 1.71. The molecule has 0 bridgehead atoms. The van der Waals surface area contributed by atoms with Crippen LogP contribution in [0.4, 0.5) is 0 Å². The number of hydrogen-bond donors (Lipinski definition) is 0. The fourth-order valence-corrected chi connectivity index (χ4v) is 5.05. The summed E-state index contributed by atoms with van der Waals surface area (Å²) < 4.78 is 4.64. The zero-order chi connectivity index (χ0) is 20.4. The highest BCUT2D eigenvalue weighted by molar-refractivity contribution is 6.10. The van der Waals surface area contributed by atoms with E-state index in [1.54, 1.807) is 0 Å². The molecule has 0 saturated carbocycles. The van der Waals surface area contributed by atoms with Gasteiger partial charge in [-0.15, -0.1) is 0 Å². The monoisotopic (exact) mass is 387 g/mol. The van der Waals surface area contributed by atoms with Gasteiger partial charge in [0.2, 0.25) is 0 Å². The van der Waals surface area contributed by atoms with Gasteiger partial charge in [0.05, 0.1) is 22.7 Å². The van der Waals surface area contributed by atoms with Crippen LogP contribution in [0.1, 0.15) is 28.8 Å². The minimum Gasteiger partial charge on any atom is -0.344 e. The maximum absolute atomic E-state index is 9.42. The summed E-state index contributed by atoms with van der Waals surface area (Å²) in [4.78, 5) is 0. The Labute approximate surface area is 175 Å². The molecule has 30 heavy (non-hydrogen) atoms. The largest absolute Gasteiger partial charge is 0.344 e. The van der Waals surface area contributed by atoms with Gasteiger partial charge in [0.15, 0.2) is 0 Å². The lowest BCUT2D eigenvalue weighted by atomic mass is 10.0. The molecule has 6 rings (SSSR count). The number of fused-ring (bicyclic) bond motifs is 6. The van der Waals surface area contributed by atoms with E-state index in [2.05, 4.69) is 83.8 Å². The van der Waals surface area contributed by atoms with Crippen LogP contribution in [-0.2, 0) is 13.5 Å². The summed E-state index contributed by atoms with van der Waals surface area (Å²) in [6.45, 7) is 2.12. The first-order chi connectivity index (χ1) is 14.7. The van der Waals surface area contributed by atoms with Gasteiger partial charge in [0, 0.05) is 40.1 Å². The molecule has 0 fully saturated rings. The first-order valence-corrected chi connectivity index (χ1v) is 10.4. The molecule has 0 unspecified atom stereocenters. The van der Waals surface area contributed by atoms with E-state index in [-0.39, 0.29) is 0 Å². The summed E-state index contributed by atoms with van der Waals surface area (Å²) in [6, 6.07) is 21.7. The van der Waals surface area contributed by atoms with Gasteiger partial charge < -0.3 is 9.13 Å². The van der Waals surface area contributed by atoms with Crippen LogP contribution in [0.5, 0.6) is 0 Å². The Kier molecular flexibility index (Phi) is 3.49. The molecule has 3 nitrogen and oxygen atoms in total. The zero-order valence-corrected chi connectivity index (χ0v) is 17.1. The molecule has 0 N–H and O–H groups in total. The number of aryl methyl sites for hydroxylation is 3. The lowest BCUT2D eigenvalue weighted by Gasteiger charge is -2.09. The van der Waals surface area contributed by atoms with Crippen LogP contribution in [0.15, 0.2) is 60.7 Å². The molecule has 0 spiro atoms. The molecule has 5 aromatic rings. The predicted molar refractivity (Wildman–Crippen MR) is 124 cm³/mol. The van der Waals surface area contributed by atoms with Crippen LogP contribution in [0, 0.1) is 18.3 Å². The van der Waals surface area contributed by atoms with Crippen LogP contribution in [0.2, 0.25) is 0 Å². The molecular weight excluding hydrogens is 366 g/mol. The molecule has 0 saturated heterocycles. The summed E-state index contributed by atoms with van der Waals surface area (Å²) in [5.74, 6) is 0. The third kappa shape index (κ3) is 2.25. The summed E-state index contributed by atoms with van der Waals surface area (Å²) in [6.07, 6.45) is 6.71. The lowest BCUT2D eigenvalue weighted by Crippen LogP contribution is -1.96. The molecule has 2 heterocycles. The normalized spacial score (nSPS) is 13.2. The Morgan fingerprint density at radius 1 is 0.867 bits per heavy atom. The van der Waals surface area contributed by atoms with Gasteiger partial charge in [-0.3, -0.25) is 0 Å². The minimum atomic E-state index is 0.697. The molecule has 1 aliphatic carbocycles. The fraction of sp³-hybridized carbons (Fsp3) is 0.148. The summed E-state index contributed by atoms with van der Waals surface area (Å²) in [7, 11) is 2.16. The van der Waals surface area contributed by atoms with E-state index in [9.17, 15) is 5.26 Å². The van der Waals surface area contributed by atoms with Crippen LogP contribution in [-0.4, -0.2) is 9.13 Å². The van der Waals surface area contributed by atoms with Crippen molar-refractivity contribution >= 4 is 38.8 Å². The smallest absolute Gasteiger partial charge is 0.0991 e. The highest BCUT2D eigenvalue weighted by Crippen LogP contribution is 2.36. The van der Waals surface area contributed by atoms with Crippen LogP contribution >= 0.6 is 0 Å². The first kappa shape index (κ1) is 17.1. The Bertz CT molecular complexity index is 1570. The van der Waals surface area contributed by atoms with Gasteiger partial charge in [-0.2, -0.15) is 5.26 Å². The van der Waals surface area contributed by atoms with Crippen molar-refractivity contribution < 1.29 is 0 Å². The zero-order valence-electron chi connectivity index (χ0n) is 17.1. The molecule has 0 amide bonds. The topological polar surface area (TPSA) is 33.6 Å². The molecule has 3 aromatic carbocycles. The van der Waals surface area contributed by atoms with E-state index in [1.807, 2.05) is 12.1 Å². The van der Waals surface area contributed by atoms with Crippen molar-refractivity contribution in [1.29, 1.82) is 5.26 Å². The highest BCUT2D eigenvalue weighted by atomic mass is 15.0. The maximum atomic E-state index is 9.42. The van der Waals surface area contributed by atoms with Crippen molar-refractivity contribution in [2.24, 2.45) is 7.05 Å². The summed E-state index contributed by atoms with van der Waals surface area (Å²) >= 11 is 0. The number of allylic oxidation sites excluding steroid dienone is 1. The van der Waals surface area contributed by atoms with Crippen molar-refractivity contribution in [3.63, 3.8) is 0 Å². The third-order valence-electron chi connectivity index (χ3n) is 6.48. The Morgan fingerprint density at radius 2 is 1.63 bits per heavy atom. The van der Waals surface area contributed by atoms with E-state index in [1.165, 1.54) is 44.3 Å². The quantitative estimate of drug-likeness (QED) is 0.327. The lowest BCUT2D eigenvalue weighted by molar-refractivity contribution is 0.908. The van der Waals surface area contributed by atoms with Gasteiger partial charge >= 0.3 is 0 Å². The molecule has 0 radical (unpaired) electrons. The second-order valence-electron chi connectivity index (χ2n) is 8.27. The van der Waals surface area contributed by atoms with Crippen molar-refractivity contribution in [3.8, 4) is 11.8 Å². The van der Waals surface area contributed by atoms with Crippen LogP contribution in [0.3, 0.4) is 0 Å². The number of benzene rings is 3. The van der Waals surface area contributed by atoms with E-state index < -0.39 is 0 Å². The average molecular weight is 387 g/mol. The standard InChI is InChI=1S/C27H21N3/c1-17-7-10-26-21(13-17)22-14-18(16-28)8-11-27(22)30(26)19-9-12-25-23(15-19)20-5-3-4-6-24(20)29(25)2/h4,6-15H,3,5H2,1-2H3. The number of aromatic nitrogens is 2. The molecule has 1 aliphatic rings. The van der Waals surface area contributed by atoms with Crippen molar-refractivity contribution in [1.82, 2.24) is 9.13 Å². The van der Waals surface area contributed by atoms with Crippen molar-refractivity contribution in [3.05, 3.63) is 83.1 Å². The van der Waals surface area contributed by atoms with E-state index in [0.29, 0.717) is 5.56 Å². The van der Waals surface area contributed by atoms with Crippen molar-refractivity contribution in [2.45, 2.75) is 19.8 Å². The second-order valence-corrected chi connectivity index (χ2v) is 8.27. The van der Waals surface area contributed by atoms with Gasteiger partial charge in [0.1, 0.15) is 0 Å². The molecular formula is C27H21N3. The number of rotatable bonds is 1. The highest BCUT2D eigenvalue weighted by Gasteiger charge is 2.18. The first-order valence-electron chi connectivity index (χ1n) is 10.4. The molecule has 0 atom stereocenters. The molecule has 2 aromatic heterocycles. The maximum Gasteiger partial charge on any atom is 0.0991 e. The SMILES string of the molecule is Cc1ccc2c(c1)c1cc(C#N)ccc1n2-c1ccc2c(c1)c1c(n2C)C=CCC1. The predicted octanol–water partition coefficient (Wildman–Crippen LogP) is 6.41. The van der Waals surface area contributed by atoms with Gasteiger partial charge in [0.25, 0.3) is 0 Å². The Morgan fingerprint density at radius 3 is 2.47 bits per heavy atom. The van der Waals surface area contributed by atoms with E-state index in [4.69, 9.17) is 0 Å². The van der Waals surface area contributed by atoms with Gasteiger partial charge in [-0.05, 0) is 79.9 Å². The molecule has 144 valence electrons. The number of hydrogen-bond acceptors (Lipinski definition) is 1. The van der Waals surface area contributed by atoms with E-state index in [0.717, 1.165) is 23.7 Å². The fourth-order valence-electron chi connectivity index (χ4n) is 5.05. The van der Waals surface area contributed by atoms with Crippen LogP contribution in [0.25, 0.3) is 44.5 Å². The summed E-state index contributed by atoms with van der Waals surface area (Å²) in [5, 5.41) is 13.1. The molecule has 0 aliphatic heterocycles. The third-order valence-corrected chi connectivity index (χ3v) is 6.48. The molecule has 3 heteroatoms. The number of nitrogens with zero attached hydrogens (tertiary/aromatic N) is 3. The van der Waals surface area contributed by atoms with Gasteiger partial charge in [-0.25, -0.2) is 0 Å². The van der Waals surface area contributed by atoms with Gasteiger partial charge in [-0.1, -0.05) is 17.7 Å². The minimum absolute atomic E-state index is 0.697. The van der Waals surface area contributed by atoms with Crippen molar-refractivity contribution in [2.75, 3.05) is 0 Å². The second kappa shape index (κ2) is 6.11. The summed E-state index contributed by atoms with van der Waals surface area (Å²) in [5.41, 5.74) is 9.45. The Hall–Kier alpha value is -3.77. The number of nitriles is 1. The van der Waals surface area contributed by atoms with Crippen LogP contribution < -0.4 is 0 Å². The average Bonchev–Trinajstić information content (AvgIpc) is 3.25.